The van der Waals surface area contributed by atoms with Crippen LogP contribution in [0, 0.1) is 0 Å². The number of hydrogen-bond donors (Lipinski definition) is 2. The molecule has 0 rings (SSSR count). The second-order valence-electron chi connectivity index (χ2n) is 2.39. The predicted octanol–water partition coefficient (Wildman–Crippen LogP) is 1.56. The highest BCUT2D eigenvalue weighted by Crippen LogP contribution is 1.88. The normalized spacial score (nSPS) is 11.7. The van der Waals surface area contributed by atoms with Crippen molar-refractivity contribution < 1.29 is 10.2 Å². The van der Waals surface area contributed by atoms with Gasteiger partial charge in [0.05, 0.1) is 12.7 Å². The van der Waals surface area contributed by atoms with Gasteiger partial charge in [-0.25, -0.2) is 0 Å². The lowest BCUT2D eigenvalue weighted by atomic mass is 10.3. The summed E-state index contributed by atoms with van der Waals surface area (Å²) in [5, 5.41) is 16.0. The Hall–Kier alpha value is -0.0800. The van der Waals surface area contributed by atoms with Gasteiger partial charge in [-0.1, -0.05) is 33.1 Å². The van der Waals surface area contributed by atoms with Crippen LogP contribution in [-0.4, -0.2) is 22.9 Å². The Morgan fingerprint density at radius 2 is 1.50 bits per heavy atom. The first-order chi connectivity index (χ1) is 4.68. The van der Waals surface area contributed by atoms with E-state index in [0.717, 1.165) is 0 Å². The van der Waals surface area contributed by atoms with Crippen molar-refractivity contribution in [3.8, 4) is 0 Å². The maximum Gasteiger partial charge on any atom is 0.0742 e. The van der Waals surface area contributed by atoms with Crippen LogP contribution in [0.3, 0.4) is 0 Å². The maximum atomic E-state index is 8.11. The van der Waals surface area contributed by atoms with E-state index in [-0.39, 0.29) is 6.61 Å². The zero-order chi connectivity index (χ0) is 8.41. The fourth-order valence-electron chi connectivity index (χ4n) is 0.354. The number of aliphatic hydroxyl groups excluding tert-OH is 2. The Balaban J connectivity index is 0. The van der Waals surface area contributed by atoms with Crippen molar-refractivity contribution in [2.75, 3.05) is 6.61 Å². The molecule has 10 heavy (non-hydrogen) atoms. The minimum absolute atomic E-state index is 0.139. The van der Waals surface area contributed by atoms with E-state index in [1.54, 1.807) is 0 Å². The molecular weight excluding hydrogens is 128 g/mol. The highest BCUT2D eigenvalue weighted by Gasteiger charge is 1.83. The van der Waals surface area contributed by atoms with Gasteiger partial charge in [0.25, 0.3) is 0 Å². The summed E-state index contributed by atoms with van der Waals surface area (Å²) in [5.41, 5.74) is 0. The van der Waals surface area contributed by atoms with Crippen LogP contribution in [0.15, 0.2) is 0 Å². The molecule has 0 spiro atoms. The Labute approximate surface area is 63.9 Å². The molecule has 0 heterocycles. The molecule has 2 nitrogen and oxygen atoms in total. The van der Waals surface area contributed by atoms with Crippen molar-refractivity contribution >= 4 is 0 Å². The van der Waals surface area contributed by atoms with Gasteiger partial charge in [-0.3, -0.25) is 0 Å². The van der Waals surface area contributed by atoms with Gasteiger partial charge < -0.3 is 10.2 Å². The molecule has 0 aromatic rings. The fourth-order valence-corrected chi connectivity index (χ4v) is 0.354. The van der Waals surface area contributed by atoms with Crippen LogP contribution in [0.5, 0.6) is 0 Å². The predicted molar refractivity (Wildman–Crippen MR) is 44.0 cm³/mol. The van der Waals surface area contributed by atoms with Crippen LogP contribution in [0.4, 0.5) is 0 Å². The first-order valence-electron chi connectivity index (χ1n) is 3.97. The standard InChI is InChI=1S/C5H12.C3H8O2/c1-3-5-4-2;1-3(5)2-4/h3-5H2,1-2H3;3-5H,2H2,1H3. The molecule has 0 amide bonds. The zero-order valence-corrected chi connectivity index (χ0v) is 7.30. The van der Waals surface area contributed by atoms with Gasteiger partial charge in [-0.05, 0) is 6.92 Å². The Kier molecular flexibility index (Phi) is 14.7. The smallest absolute Gasteiger partial charge is 0.0742 e. The van der Waals surface area contributed by atoms with E-state index in [1.807, 2.05) is 0 Å². The summed E-state index contributed by atoms with van der Waals surface area (Å²) in [6, 6.07) is 0. The molecule has 0 saturated carbocycles. The van der Waals surface area contributed by atoms with Crippen molar-refractivity contribution in [1.82, 2.24) is 0 Å². The topological polar surface area (TPSA) is 40.5 Å². The molecule has 2 heteroatoms. The first kappa shape index (κ1) is 12.6. The molecular formula is C8H20O2. The van der Waals surface area contributed by atoms with Crippen molar-refractivity contribution in [2.45, 2.75) is 46.1 Å². The Morgan fingerprint density at radius 3 is 1.50 bits per heavy atom. The minimum atomic E-state index is -0.560. The van der Waals surface area contributed by atoms with Crippen molar-refractivity contribution in [2.24, 2.45) is 0 Å². The van der Waals surface area contributed by atoms with E-state index < -0.39 is 6.10 Å². The van der Waals surface area contributed by atoms with Gasteiger partial charge in [0.1, 0.15) is 0 Å². The third-order valence-electron chi connectivity index (χ3n) is 0.971. The third kappa shape index (κ3) is 24.7. The molecule has 0 saturated heterocycles. The van der Waals surface area contributed by atoms with E-state index in [9.17, 15) is 0 Å². The number of aliphatic hydroxyl groups is 2. The number of hydrogen-bond acceptors (Lipinski definition) is 2. The summed E-state index contributed by atoms with van der Waals surface area (Å²) in [4.78, 5) is 0. The van der Waals surface area contributed by atoms with Crippen molar-refractivity contribution in [3.63, 3.8) is 0 Å². The van der Waals surface area contributed by atoms with Gasteiger partial charge in [0, 0.05) is 0 Å². The van der Waals surface area contributed by atoms with E-state index >= 15 is 0 Å². The largest absolute Gasteiger partial charge is 0.394 e. The molecule has 0 bridgehead atoms. The molecule has 0 aromatic heterocycles. The Morgan fingerprint density at radius 1 is 1.20 bits per heavy atom. The van der Waals surface area contributed by atoms with Gasteiger partial charge in [0.2, 0.25) is 0 Å². The highest BCUT2D eigenvalue weighted by molar-refractivity contribution is 4.34. The molecule has 64 valence electrons. The summed E-state index contributed by atoms with van der Waals surface area (Å²) in [6.07, 6.45) is 3.52. The number of rotatable bonds is 3. The monoisotopic (exact) mass is 148 g/mol. The maximum absolute atomic E-state index is 8.11. The second kappa shape index (κ2) is 11.7. The van der Waals surface area contributed by atoms with Crippen LogP contribution >= 0.6 is 0 Å². The van der Waals surface area contributed by atoms with Crippen LogP contribution in [-0.2, 0) is 0 Å². The summed E-state index contributed by atoms with van der Waals surface area (Å²) >= 11 is 0. The lowest BCUT2D eigenvalue weighted by Gasteiger charge is -1.90. The fraction of sp³-hybridized carbons (Fsp3) is 1.00. The van der Waals surface area contributed by atoms with Gasteiger partial charge in [-0.15, -0.1) is 0 Å². The summed E-state index contributed by atoms with van der Waals surface area (Å²) in [7, 11) is 0. The second-order valence-corrected chi connectivity index (χ2v) is 2.39. The molecule has 1 atom stereocenters. The third-order valence-corrected chi connectivity index (χ3v) is 0.971. The van der Waals surface area contributed by atoms with E-state index in [2.05, 4.69) is 13.8 Å². The van der Waals surface area contributed by atoms with Crippen LogP contribution in [0.1, 0.15) is 40.0 Å². The quantitative estimate of drug-likeness (QED) is 0.637. The van der Waals surface area contributed by atoms with Crippen LogP contribution < -0.4 is 0 Å². The van der Waals surface area contributed by atoms with E-state index in [1.165, 1.54) is 26.2 Å². The van der Waals surface area contributed by atoms with Crippen molar-refractivity contribution in [1.29, 1.82) is 0 Å². The number of unbranched alkanes of at least 4 members (excludes halogenated alkanes) is 2. The molecule has 0 aliphatic rings. The molecule has 2 N–H and O–H groups in total. The van der Waals surface area contributed by atoms with E-state index in [4.69, 9.17) is 10.2 Å². The average molecular weight is 148 g/mol. The lowest BCUT2D eigenvalue weighted by Crippen LogP contribution is -2.03. The minimum Gasteiger partial charge on any atom is -0.394 e. The van der Waals surface area contributed by atoms with Gasteiger partial charge in [-0.2, -0.15) is 0 Å². The van der Waals surface area contributed by atoms with Crippen LogP contribution in [0.25, 0.3) is 0 Å². The molecule has 0 aliphatic carbocycles. The molecule has 0 aliphatic heterocycles. The molecule has 0 radical (unpaired) electrons. The first-order valence-corrected chi connectivity index (χ1v) is 3.97. The Bertz CT molecular complexity index is 42.5. The SMILES string of the molecule is CC(O)CO.CCCCC. The molecule has 0 fully saturated rings. The summed E-state index contributed by atoms with van der Waals surface area (Å²) in [5.74, 6) is 0. The molecule has 1 unspecified atom stereocenters. The lowest BCUT2D eigenvalue weighted by molar-refractivity contribution is 0.110. The summed E-state index contributed by atoms with van der Waals surface area (Å²) in [6.45, 7) is 5.81. The average Bonchev–Trinajstić information content (AvgIpc) is 1.91. The van der Waals surface area contributed by atoms with E-state index in [0.29, 0.717) is 0 Å². The van der Waals surface area contributed by atoms with Gasteiger partial charge in [0.15, 0.2) is 0 Å². The summed E-state index contributed by atoms with van der Waals surface area (Å²) < 4.78 is 0. The highest BCUT2D eigenvalue weighted by atomic mass is 16.3. The van der Waals surface area contributed by atoms with Gasteiger partial charge >= 0.3 is 0 Å². The molecule has 0 aromatic carbocycles. The van der Waals surface area contributed by atoms with Crippen molar-refractivity contribution in [3.05, 3.63) is 0 Å². The van der Waals surface area contributed by atoms with Crippen LogP contribution in [0.2, 0.25) is 0 Å². The zero-order valence-electron chi connectivity index (χ0n) is 7.30.